The van der Waals surface area contributed by atoms with Crippen molar-refractivity contribution < 1.29 is 75.4 Å². The summed E-state index contributed by atoms with van der Waals surface area (Å²) in [5.41, 5.74) is -0.796. The monoisotopic (exact) mass is 265 g/mol. The minimum atomic E-state index is -1.96. The summed E-state index contributed by atoms with van der Waals surface area (Å²) in [6.45, 7) is 0. The number of carboxylic acids is 1. The third-order valence-corrected chi connectivity index (χ3v) is 1.82. The van der Waals surface area contributed by atoms with Crippen molar-refractivity contribution in [3.63, 3.8) is 0 Å². The molecule has 0 amide bonds. The molecule has 1 rings (SSSR count). The molecule has 84 valence electrons. The van der Waals surface area contributed by atoms with Gasteiger partial charge in [0.25, 0.3) is 5.69 Å². The fourth-order valence-electron chi connectivity index (χ4n) is 1.12. The van der Waals surface area contributed by atoms with E-state index in [1.807, 2.05) is 0 Å². The molecule has 0 aliphatic carbocycles. The Labute approximate surface area is 137 Å². The Balaban J connectivity index is 0.00000256. The van der Waals surface area contributed by atoms with Crippen molar-refractivity contribution in [1.29, 1.82) is 0 Å². The number of carboxylic acid groups (broad SMARTS) is 1. The van der Waals surface area contributed by atoms with Crippen molar-refractivity contribution in [2.75, 3.05) is 0 Å². The van der Waals surface area contributed by atoms with E-state index in [0.717, 1.165) is 18.2 Å². The number of hydrogen-bond acceptors (Lipinski definition) is 5. The maximum Gasteiger partial charge on any atom is 1.00 e. The average Bonchev–Trinajstić information content (AvgIpc) is 2.16. The first kappa shape index (κ1) is 16.3. The summed E-state index contributed by atoms with van der Waals surface area (Å²) < 4.78 is 12.8. The van der Waals surface area contributed by atoms with E-state index in [9.17, 15) is 29.2 Å². The predicted octanol–water partition coefficient (Wildman–Crippen LogP) is -3.40. The SMILES string of the molecule is O=C([O-])C(=O)Cc1cc(F)ccc1[N+](=O)[O-].[K+]. The molecule has 1 aromatic carbocycles. The van der Waals surface area contributed by atoms with Crippen LogP contribution >= 0.6 is 0 Å². The number of benzene rings is 1. The van der Waals surface area contributed by atoms with E-state index in [4.69, 9.17) is 0 Å². The molecule has 0 radical (unpaired) electrons. The van der Waals surface area contributed by atoms with Crippen molar-refractivity contribution in [2.45, 2.75) is 6.42 Å². The van der Waals surface area contributed by atoms with Crippen molar-refractivity contribution in [3.8, 4) is 0 Å². The van der Waals surface area contributed by atoms with Crippen LogP contribution in [0.3, 0.4) is 0 Å². The van der Waals surface area contributed by atoms with Crippen molar-refractivity contribution in [3.05, 3.63) is 39.7 Å². The van der Waals surface area contributed by atoms with Crippen LogP contribution < -0.4 is 56.5 Å². The fourth-order valence-corrected chi connectivity index (χ4v) is 1.12. The second-order valence-corrected chi connectivity index (χ2v) is 2.92. The predicted molar refractivity (Wildman–Crippen MR) is 46.8 cm³/mol. The number of nitro groups is 1. The molecule has 0 fully saturated rings. The Bertz CT molecular complexity index is 476. The first-order chi connectivity index (χ1) is 7.41. The van der Waals surface area contributed by atoms with Gasteiger partial charge < -0.3 is 9.90 Å². The van der Waals surface area contributed by atoms with Gasteiger partial charge in [-0.05, 0) is 12.1 Å². The summed E-state index contributed by atoms with van der Waals surface area (Å²) in [6.07, 6.45) is -0.767. The van der Waals surface area contributed by atoms with Gasteiger partial charge in [-0.3, -0.25) is 14.9 Å². The number of carbonyl (C=O) groups is 2. The molecule has 0 unspecified atom stereocenters. The largest absolute Gasteiger partial charge is 1.00 e. The number of aliphatic carboxylic acids is 1. The summed E-state index contributed by atoms with van der Waals surface area (Å²) in [6, 6.07) is 2.47. The molecule has 8 heteroatoms. The first-order valence-corrected chi connectivity index (χ1v) is 4.09. The van der Waals surface area contributed by atoms with Gasteiger partial charge in [0.15, 0.2) is 5.78 Å². The van der Waals surface area contributed by atoms with Gasteiger partial charge in [-0.2, -0.15) is 0 Å². The summed E-state index contributed by atoms with van der Waals surface area (Å²) in [4.78, 5) is 30.6. The maximum atomic E-state index is 12.8. The molecule has 0 saturated carbocycles. The Kier molecular flexibility index (Phi) is 6.64. The van der Waals surface area contributed by atoms with E-state index in [1.165, 1.54) is 0 Å². The van der Waals surface area contributed by atoms with Crippen molar-refractivity contribution in [1.82, 2.24) is 0 Å². The smallest absolute Gasteiger partial charge is 0.542 e. The minimum Gasteiger partial charge on any atom is -0.542 e. The van der Waals surface area contributed by atoms with Gasteiger partial charge in [-0.15, -0.1) is 0 Å². The number of Topliss-reactive ketones (excluding diaryl/α,β-unsaturated/α-hetero) is 1. The minimum absolute atomic E-state index is 0. The van der Waals surface area contributed by atoms with Crippen LogP contribution in [0, 0.1) is 15.9 Å². The quantitative estimate of drug-likeness (QED) is 0.244. The Morgan fingerprint density at radius 1 is 1.35 bits per heavy atom. The summed E-state index contributed by atoms with van der Waals surface area (Å²) in [5.74, 6) is -4.08. The van der Waals surface area contributed by atoms with Gasteiger partial charge in [-0.25, -0.2) is 4.39 Å². The normalized spacial score (nSPS) is 9.24. The van der Waals surface area contributed by atoms with Crippen LogP contribution in [0.5, 0.6) is 0 Å². The molecule has 1 aromatic rings. The van der Waals surface area contributed by atoms with E-state index in [2.05, 4.69) is 0 Å². The maximum absolute atomic E-state index is 12.8. The van der Waals surface area contributed by atoms with Crippen LogP contribution in [0.4, 0.5) is 10.1 Å². The van der Waals surface area contributed by atoms with Crippen LogP contribution in [0.2, 0.25) is 0 Å². The molecule has 6 nitrogen and oxygen atoms in total. The number of halogens is 1. The van der Waals surface area contributed by atoms with Crippen LogP contribution in [0.1, 0.15) is 5.56 Å². The zero-order chi connectivity index (χ0) is 12.3. The van der Waals surface area contributed by atoms with E-state index in [-0.39, 0.29) is 56.9 Å². The first-order valence-electron chi connectivity index (χ1n) is 4.09. The standard InChI is InChI=1S/C9H6FNO5.K/c10-6-1-2-7(11(15)16)5(3-6)4-8(12)9(13)14;/h1-3H,4H2,(H,13,14);/q;+1/p-1. The number of rotatable bonds is 4. The average molecular weight is 265 g/mol. The molecule has 0 aromatic heterocycles. The van der Waals surface area contributed by atoms with Gasteiger partial charge in [0, 0.05) is 18.1 Å². The molecular formula is C9H5FKNO5. The molecule has 0 aliphatic rings. The van der Waals surface area contributed by atoms with Gasteiger partial charge in [0.1, 0.15) is 11.8 Å². The second kappa shape index (κ2) is 6.92. The van der Waals surface area contributed by atoms with Gasteiger partial charge >= 0.3 is 51.4 Å². The van der Waals surface area contributed by atoms with Crippen molar-refractivity contribution in [2.24, 2.45) is 0 Å². The van der Waals surface area contributed by atoms with E-state index < -0.39 is 34.6 Å². The summed E-state index contributed by atoms with van der Waals surface area (Å²) in [5, 5.41) is 20.6. The Morgan fingerprint density at radius 2 is 1.94 bits per heavy atom. The van der Waals surface area contributed by atoms with Gasteiger partial charge in [0.2, 0.25) is 0 Å². The molecule has 0 N–H and O–H groups in total. The van der Waals surface area contributed by atoms with Crippen LogP contribution in [-0.2, 0) is 16.0 Å². The molecule has 0 heterocycles. The zero-order valence-corrected chi connectivity index (χ0v) is 11.9. The van der Waals surface area contributed by atoms with E-state index in [0.29, 0.717) is 0 Å². The molecule has 0 atom stereocenters. The fraction of sp³-hybridized carbons (Fsp3) is 0.111. The number of carbonyl (C=O) groups excluding carboxylic acids is 2. The summed E-state index contributed by atoms with van der Waals surface area (Å²) >= 11 is 0. The zero-order valence-electron chi connectivity index (χ0n) is 8.81. The third-order valence-electron chi connectivity index (χ3n) is 1.82. The third kappa shape index (κ3) is 4.60. The molecule has 0 bridgehead atoms. The number of ketones is 1. The Hall–Kier alpha value is -0.674. The number of hydrogen-bond donors (Lipinski definition) is 0. The topological polar surface area (TPSA) is 100 Å². The van der Waals surface area contributed by atoms with Crippen LogP contribution in [0.15, 0.2) is 18.2 Å². The molecule has 17 heavy (non-hydrogen) atoms. The Morgan fingerprint density at radius 3 is 2.41 bits per heavy atom. The molecule has 0 saturated heterocycles. The molecule has 0 aliphatic heterocycles. The van der Waals surface area contributed by atoms with E-state index in [1.54, 1.807) is 0 Å². The van der Waals surface area contributed by atoms with Crippen LogP contribution in [-0.4, -0.2) is 16.7 Å². The number of nitrogens with zero attached hydrogens (tertiary/aromatic N) is 1. The number of nitro benzene ring substituents is 1. The van der Waals surface area contributed by atoms with Crippen LogP contribution in [0.25, 0.3) is 0 Å². The second-order valence-electron chi connectivity index (χ2n) is 2.92. The van der Waals surface area contributed by atoms with Gasteiger partial charge in [0.05, 0.1) is 4.92 Å². The molecule has 0 spiro atoms. The van der Waals surface area contributed by atoms with E-state index >= 15 is 0 Å². The van der Waals surface area contributed by atoms with Crippen molar-refractivity contribution >= 4 is 17.4 Å². The summed E-state index contributed by atoms with van der Waals surface area (Å²) in [7, 11) is 0. The van der Waals surface area contributed by atoms with Gasteiger partial charge in [-0.1, -0.05) is 0 Å². The molecular weight excluding hydrogens is 260 g/mol.